The van der Waals surface area contributed by atoms with Crippen LogP contribution < -0.4 is 5.73 Å². The minimum absolute atomic E-state index is 0.0789. The molecule has 0 fully saturated rings. The lowest BCUT2D eigenvalue weighted by Crippen LogP contribution is -2.15. The molecule has 4 aromatic heterocycles. The van der Waals surface area contributed by atoms with Gasteiger partial charge in [0.25, 0.3) is 0 Å². The highest BCUT2D eigenvalue weighted by Gasteiger charge is 2.14. The summed E-state index contributed by atoms with van der Waals surface area (Å²) >= 11 is 0. The predicted molar refractivity (Wildman–Crippen MR) is 106 cm³/mol. The number of nitrogens with two attached hydrogens (primary N) is 1. The van der Waals surface area contributed by atoms with Gasteiger partial charge in [0, 0.05) is 17.5 Å². The molecule has 7 nitrogen and oxygen atoms in total. The monoisotopic (exact) mass is 372 g/mol. The summed E-state index contributed by atoms with van der Waals surface area (Å²) in [4.78, 5) is 24.9. The van der Waals surface area contributed by atoms with Gasteiger partial charge in [-0.15, -0.1) is 0 Å². The van der Waals surface area contributed by atoms with Crippen LogP contribution in [-0.4, -0.2) is 30.5 Å². The molecule has 1 amide bonds. The van der Waals surface area contributed by atoms with Crippen molar-refractivity contribution >= 4 is 11.6 Å². The third-order valence-electron chi connectivity index (χ3n) is 4.48. The van der Waals surface area contributed by atoms with Gasteiger partial charge >= 0.3 is 0 Å². The average Bonchev–Trinajstić information content (AvgIpc) is 3.09. The van der Waals surface area contributed by atoms with Crippen molar-refractivity contribution in [2.24, 2.45) is 5.73 Å². The molecule has 0 saturated heterocycles. The van der Waals surface area contributed by atoms with Crippen LogP contribution >= 0.6 is 0 Å². The number of rotatable bonds is 5. The van der Waals surface area contributed by atoms with Gasteiger partial charge in [-0.1, -0.05) is 19.9 Å². The van der Waals surface area contributed by atoms with Crippen molar-refractivity contribution in [1.82, 2.24) is 24.6 Å². The molecule has 0 aliphatic carbocycles. The molecule has 0 spiro atoms. The van der Waals surface area contributed by atoms with Crippen molar-refractivity contribution in [3.8, 4) is 22.6 Å². The first-order valence-corrected chi connectivity index (χ1v) is 9.07. The summed E-state index contributed by atoms with van der Waals surface area (Å²) in [5, 5.41) is 4.68. The molecule has 2 N–H and O–H groups in total. The molecular weight excluding hydrogens is 352 g/mol. The fourth-order valence-electron chi connectivity index (χ4n) is 3.08. The molecule has 0 unspecified atom stereocenters. The molecule has 0 aromatic carbocycles. The standard InChI is InChI=1S/C21H20N6O/c1-13(2)16-6-3-7-18(25-16)21-15(5-4-10-23-21)17-8-9-20-24-12-14(11-19(22)28)27(20)26-17/h3-10,12-13H,11H2,1-2H3,(H2,22,28). The first kappa shape index (κ1) is 17.8. The Morgan fingerprint density at radius 1 is 1.07 bits per heavy atom. The van der Waals surface area contributed by atoms with Gasteiger partial charge in [0.15, 0.2) is 5.65 Å². The third-order valence-corrected chi connectivity index (χ3v) is 4.48. The molecule has 0 saturated carbocycles. The van der Waals surface area contributed by atoms with Crippen molar-refractivity contribution in [2.75, 3.05) is 0 Å². The Kier molecular flexibility index (Phi) is 4.57. The van der Waals surface area contributed by atoms with E-state index in [9.17, 15) is 4.79 Å². The smallest absolute Gasteiger partial charge is 0.223 e. The topological polar surface area (TPSA) is 99.1 Å². The van der Waals surface area contributed by atoms with E-state index in [-0.39, 0.29) is 6.42 Å². The SMILES string of the molecule is CC(C)c1cccc(-c2ncccc2-c2ccc3ncc(CC(N)=O)n3n2)n1. The molecule has 4 heterocycles. The number of aromatic nitrogens is 5. The van der Waals surface area contributed by atoms with Crippen LogP contribution in [0.15, 0.2) is 54.9 Å². The van der Waals surface area contributed by atoms with Gasteiger partial charge in [0.2, 0.25) is 5.91 Å². The fraction of sp³-hybridized carbons (Fsp3) is 0.190. The Morgan fingerprint density at radius 3 is 2.71 bits per heavy atom. The zero-order valence-electron chi connectivity index (χ0n) is 15.7. The van der Waals surface area contributed by atoms with Crippen LogP contribution in [0.1, 0.15) is 31.2 Å². The number of carbonyl (C=O) groups excluding carboxylic acids is 1. The Balaban J connectivity index is 1.84. The molecule has 0 radical (unpaired) electrons. The number of fused-ring (bicyclic) bond motifs is 1. The summed E-state index contributed by atoms with van der Waals surface area (Å²) in [5.41, 5.74) is 10.8. The van der Waals surface area contributed by atoms with Gasteiger partial charge in [-0.3, -0.25) is 14.8 Å². The highest BCUT2D eigenvalue weighted by molar-refractivity contribution is 5.78. The molecule has 140 valence electrons. The minimum Gasteiger partial charge on any atom is -0.369 e. The van der Waals surface area contributed by atoms with E-state index >= 15 is 0 Å². The maximum Gasteiger partial charge on any atom is 0.223 e. The maximum absolute atomic E-state index is 11.3. The average molecular weight is 372 g/mol. The Bertz CT molecular complexity index is 1160. The van der Waals surface area contributed by atoms with E-state index in [0.29, 0.717) is 17.3 Å². The van der Waals surface area contributed by atoms with E-state index in [4.69, 9.17) is 10.7 Å². The zero-order chi connectivity index (χ0) is 19.7. The molecule has 4 rings (SSSR count). The van der Waals surface area contributed by atoms with Crippen LogP contribution in [0, 0.1) is 0 Å². The highest BCUT2D eigenvalue weighted by Crippen LogP contribution is 2.29. The highest BCUT2D eigenvalue weighted by atomic mass is 16.1. The number of carbonyl (C=O) groups is 1. The number of imidazole rings is 1. The first-order chi connectivity index (χ1) is 13.5. The summed E-state index contributed by atoms with van der Waals surface area (Å²) in [6.45, 7) is 4.22. The second kappa shape index (κ2) is 7.19. The molecule has 0 bridgehead atoms. The van der Waals surface area contributed by atoms with E-state index in [1.165, 1.54) is 0 Å². The van der Waals surface area contributed by atoms with Gasteiger partial charge in [-0.2, -0.15) is 5.10 Å². The molecule has 4 aromatic rings. The van der Waals surface area contributed by atoms with Gasteiger partial charge in [-0.05, 0) is 42.3 Å². The second-order valence-corrected chi connectivity index (χ2v) is 6.88. The molecule has 0 atom stereocenters. The quantitative estimate of drug-likeness (QED) is 0.580. The summed E-state index contributed by atoms with van der Waals surface area (Å²) in [6.07, 6.45) is 3.45. The van der Waals surface area contributed by atoms with Crippen molar-refractivity contribution in [3.05, 3.63) is 66.2 Å². The van der Waals surface area contributed by atoms with Crippen molar-refractivity contribution in [1.29, 1.82) is 0 Å². The zero-order valence-corrected chi connectivity index (χ0v) is 15.7. The van der Waals surface area contributed by atoms with E-state index in [0.717, 1.165) is 28.3 Å². The number of nitrogens with zero attached hydrogens (tertiary/aromatic N) is 5. The predicted octanol–water partition coefficient (Wildman–Crippen LogP) is 3.00. The van der Waals surface area contributed by atoms with Crippen LogP contribution in [0.5, 0.6) is 0 Å². The van der Waals surface area contributed by atoms with Crippen molar-refractivity contribution in [3.63, 3.8) is 0 Å². The molecule has 0 aliphatic rings. The Labute approximate surface area is 162 Å². The summed E-state index contributed by atoms with van der Waals surface area (Å²) in [7, 11) is 0. The van der Waals surface area contributed by atoms with E-state index in [1.54, 1.807) is 16.9 Å². The lowest BCUT2D eigenvalue weighted by atomic mass is 10.1. The largest absolute Gasteiger partial charge is 0.369 e. The van der Waals surface area contributed by atoms with Gasteiger partial charge in [0.05, 0.1) is 35.4 Å². The first-order valence-electron chi connectivity index (χ1n) is 9.07. The Hall–Kier alpha value is -3.61. The van der Waals surface area contributed by atoms with E-state index < -0.39 is 5.91 Å². The minimum atomic E-state index is -0.425. The summed E-state index contributed by atoms with van der Waals surface area (Å²) in [5.74, 6) is -0.102. The van der Waals surface area contributed by atoms with Gasteiger partial charge in [-0.25, -0.2) is 9.50 Å². The number of hydrogen-bond acceptors (Lipinski definition) is 5. The number of hydrogen-bond donors (Lipinski definition) is 1. The van der Waals surface area contributed by atoms with E-state index in [2.05, 4.69) is 28.9 Å². The normalized spacial score (nSPS) is 11.2. The van der Waals surface area contributed by atoms with Crippen LogP contribution in [0.4, 0.5) is 0 Å². The fourth-order valence-corrected chi connectivity index (χ4v) is 3.08. The van der Waals surface area contributed by atoms with Crippen LogP contribution in [-0.2, 0) is 11.2 Å². The van der Waals surface area contributed by atoms with Gasteiger partial charge in [0.1, 0.15) is 0 Å². The second-order valence-electron chi connectivity index (χ2n) is 6.88. The summed E-state index contributed by atoms with van der Waals surface area (Å²) < 4.78 is 1.65. The lowest BCUT2D eigenvalue weighted by molar-refractivity contribution is -0.117. The van der Waals surface area contributed by atoms with Crippen LogP contribution in [0.3, 0.4) is 0 Å². The lowest BCUT2D eigenvalue weighted by Gasteiger charge is -2.11. The number of pyridine rings is 2. The van der Waals surface area contributed by atoms with E-state index in [1.807, 2.05) is 42.5 Å². The van der Waals surface area contributed by atoms with Crippen LogP contribution in [0.25, 0.3) is 28.3 Å². The third kappa shape index (κ3) is 3.34. The molecule has 7 heteroatoms. The maximum atomic E-state index is 11.3. The Morgan fingerprint density at radius 2 is 1.93 bits per heavy atom. The van der Waals surface area contributed by atoms with Crippen molar-refractivity contribution < 1.29 is 4.79 Å². The van der Waals surface area contributed by atoms with Crippen molar-refractivity contribution in [2.45, 2.75) is 26.2 Å². The molecular formula is C21H20N6O. The molecule has 28 heavy (non-hydrogen) atoms. The van der Waals surface area contributed by atoms with Crippen LogP contribution in [0.2, 0.25) is 0 Å². The van der Waals surface area contributed by atoms with Gasteiger partial charge < -0.3 is 5.73 Å². The summed E-state index contributed by atoms with van der Waals surface area (Å²) in [6, 6.07) is 13.5. The number of primary amides is 1. The number of amides is 1. The molecule has 0 aliphatic heterocycles.